The second-order valence-electron chi connectivity index (χ2n) is 9.09. The summed E-state index contributed by atoms with van der Waals surface area (Å²) in [6, 6.07) is 1.30. The van der Waals surface area contributed by atoms with Crippen LogP contribution in [0.2, 0.25) is 0 Å². The van der Waals surface area contributed by atoms with Crippen molar-refractivity contribution in [2.45, 2.75) is 45.7 Å². The minimum Gasteiger partial charge on any atom is -0.358 e. The summed E-state index contributed by atoms with van der Waals surface area (Å²) in [5.41, 5.74) is 5.75. The quantitative estimate of drug-likeness (QED) is 0.424. The van der Waals surface area contributed by atoms with Crippen molar-refractivity contribution in [1.82, 2.24) is 45.4 Å². The van der Waals surface area contributed by atoms with E-state index in [1.54, 1.807) is 12.3 Å². The number of aromatic nitrogens is 7. The van der Waals surface area contributed by atoms with E-state index in [-0.39, 0.29) is 11.3 Å². The highest BCUT2D eigenvalue weighted by Crippen LogP contribution is 2.26. The van der Waals surface area contributed by atoms with E-state index in [9.17, 15) is 4.79 Å². The molecule has 12 heteroatoms. The van der Waals surface area contributed by atoms with Crippen LogP contribution >= 0.6 is 0 Å². The number of H-pyrrole nitrogens is 1. The fourth-order valence-electron chi connectivity index (χ4n) is 3.54. The van der Waals surface area contributed by atoms with Gasteiger partial charge in [0.1, 0.15) is 34.9 Å². The smallest absolute Gasteiger partial charge is 0.271 e. The number of nitrogens with zero attached hydrogens (tertiary/aromatic N) is 7. The van der Waals surface area contributed by atoms with Crippen molar-refractivity contribution in [3.05, 3.63) is 41.4 Å². The maximum atomic E-state index is 12.9. The van der Waals surface area contributed by atoms with Gasteiger partial charge in [-0.15, -0.1) is 0 Å². The van der Waals surface area contributed by atoms with Gasteiger partial charge in [-0.1, -0.05) is 25.9 Å². The summed E-state index contributed by atoms with van der Waals surface area (Å²) in [7, 11) is 1.87. The fraction of sp³-hybridized carbons (Fsp3) is 0.381. The van der Waals surface area contributed by atoms with Crippen LogP contribution in [0.1, 0.15) is 61.4 Å². The Morgan fingerprint density at radius 2 is 2.06 bits per heavy atom. The molecule has 0 aliphatic carbocycles. The van der Waals surface area contributed by atoms with Crippen molar-refractivity contribution >= 4 is 22.9 Å². The summed E-state index contributed by atoms with van der Waals surface area (Å²) < 4.78 is 5.49. The third-order valence-corrected chi connectivity index (χ3v) is 5.31. The summed E-state index contributed by atoms with van der Waals surface area (Å²) in [5, 5.41) is 8.86. The van der Waals surface area contributed by atoms with E-state index < -0.39 is 6.04 Å². The first-order valence-electron chi connectivity index (χ1n) is 10.5. The molecule has 0 spiro atoms. The van der Waals surface area contributed by atoms with Gasteiger partial charge in [-0.05, 0) is 6.92 Å². The Hall–Kier alpha value is -3.93. The first kappa shape index (κ1) is 20.9. The molecule has 0 aromatic carbocycles. The summed E-state index contributed by atoms with van der Waals surface area (Å²) in [5.74, 6) is 2.03. The van der Waals surface area contributed by atoms with Gasteiger partial charge in [0.2, 0.25) is 0 Å². The molecule has 170 valence electrons. The summed E-state index contributed by atoms with van der Waals surface area (Å²) in [6.45, 7) is 8.49. The van der Waals surface area contributed by atoms with Gasteiger partial charge >= 0.3 is 0 Å². The SMILES string of the molecule is CC(NC(=O)c1ncnc2c1CN(C)N2)c1cc(-c2nc3nc(C(C)(C)C)ncc3[nH]2)no1. The monoisotopic (exact) mass is 448 g/mol. The third kappa shape index (κ3) is 3.89. The maximum absolute atomic E-state index is 12.9. The molecule has 0 fully saturated rings. The standard InChI is InChI=1S/C21H24N10O2/c1-10(25-19(32)15-11-8-31(5)29-16(11)24-9-23-15)14-6-12(30-33-14)17-26-13-7-22-20(21(2,3)4)28-18(13)27-17/h6-7,9-10H,8H2,1-5H3,(H,25,32)(H,23,24,29)(H,22,26,27,28). The molecule has 1 unspecified atom stereocenters. The molecule has 4 aromatic rings. The van der Waals surface area contributed by atoms with Crippen molar-refractivity contribution in [3.63, 3.8) is 0 Å². The number of hydrogen-bond acceptors (Lipinski definition) is 10. The van der Waals surface area contributed by atoms with Gasteiger partial charge in [0, 0.05) is 30.6 Å². The third-order valence-electron chi connectivity index (χ3n) is 5.31. The zero-order valence-electron chi connectivity index (χ0n) is 19.0. The first-order chi connectivity index (χ1) is 15.7. The number of carbonyl (C=O) groups excluding carboxylic acids is 1. The van der Waals surface area contributed by atoms with Crippen LogP contribution in [0.5, 0.6) is 0 Å². The normalized spacial score (nSPS) is 14.8. The van der Waals surface area contributed by atoms with Crippen LogP contribution in [-0.2, 0) is 12.0 Å². The molecule has 5 rings (SSSR count). The van der Waals surface area contributed by atoms with Crippen molar-refractivity contribution in [3.8, 4) is 11.5 Å². The molecule has 33 heavy (non-hydrogen) atoms. The number of aromatic amines is 1. The minimum absolute atomic E-state index is 0.183. The average Bonchev–Trinajstić information content (AvgIpc) is 3.48. The molecule has 5 heterocycles. The molecule has 12 nitrogen and oxygen atoms in total. The number of rotatable bonds is 4. The molecule has 0 bridgehead atoms. The Labute approximate surface area is 189 Å². The van der Waals surface area contributed by atoms with Crippen molar-refractivity contribution < 1.29 is 9.32 Å². The van der Waals surface area contributed by atoms with Gasteiger partial charge in [-0.25, -0.2) is 29.9 Å². The van der Waals surface area contributed by atoms with Crippen LogP contribution in [0, 0.1) is 0 Å². The molecule has 3 N–H and O–H groups in total. The summed E-state index contributed by atoms with van der Waals surface area (Å²) >= 11 is 0. The number of anilines is 1. The Morgan fingerprint density at radius 3 is 2.85 bits per heavy atom. The second-order valence-corrected chi connectivity index (χ2v) is 9.09. The van der Waals surface area contributed by atoms with E-state index in [0.717, 1.165) is 5.56 Å². The van der Waals surface area contributed by atoms with E-state index in [1.165, 1.54) is 6.33 Å². The average molecular weight is 448 g/mol. The predicted octanol–water partition coefficient (Wildman–Crippen LogP) is 2.36. The van der Waals surface area contributed by atoms with Gasteiger partial charge in [0.25, 0.3) is 5.91 Å². The van der Waals surface area contributed by atoms with E-state index >= 15 is 0 Å². The molecule has 0 saturated heterocycles. The number of hydrazine groups is 1. The number of amides is 1. The topological polar surface area (TPSA) is 151 Å². The molecule has 1 amide bonds. The van der Waals surface area contributed by atoms with E-state index in [4.69, 9.17) is 4.52 Å². The Morgan fingerprint density at radius 1 is 1.24 bits per heavy atom. The zero-order chi connectivity index (χ0) is 23.3. The lowest BCUT2D eigenvalue weighted by atomic mass is 9.96. The summed E-state index contributed by atoms with van der Waals surface area (Å²) in [4.78, 5) is 37.9. The number of imidazole rings is 1. The van der Waals surface area contributed by atoms with E-state index in [2.05, 4.69) is 45.8 Å². The molecule has 1 atom stereocenters. The van der Waals surface area contributed by atoms with Gasteiger partial charge in [-0.2, -0.15) is 0 Å². The highest BCUT2D eigenvalue weighted by Gasteiger charge is 2.26. The molecule has 4 aromatic heterocycles. The second kappa shape index (κ2) is 7.59. The minimum atomic E-state index is -0.437. The van der Waals surface area contributed by atoms with Crippen LogP contribution in [0.15, 0.2) is 23.1 Å². The highest BCUT2D eigenvalue weighted by molar-refractivity contribution is 5.95. The lowest BCUT2D eigenvalue weighted by Crippen LogP contribution is -2.28. The van der Waals surface area contributed by atoms with Gasteiger partial charge in [0.15, 0.2) is 17.2 Å². The predicted molar refractivity (Wildman–Crippen MR) is 119 cm³/mol. The number of nitrogens with one attached hydrogen (secondary N) is 3. The molecular weight excluding hydrogens is 424 g/mol. The molecule has 1 aliphatic rings. The zero-order valence-corrected chi connectivity index (χ0v) is 19.0. The molecular formula is C21H24N10O2. The van der Waals surface area contributed by atoms with Crippen molar-refractivity contribution in [1.29, 1.82) is 0 Å². The van der Waals surface area contributed by atoms with Gasteiger partial charge in [0.05, 0.1) is 12.2 Å². The Balaban J connectivity index is 1.35. The highest BCUT2D eigenvalue weighted by atomic mass is 16.5. The van der Waals surface area contributed by atoms with Crippen LogP contribution in [-0.4, -0.2) is 53.0 Å². The Bertz CT molecular complexity index is 1350. The van der Waals surface area contributed by atoms with Crippen LogP contribution in [0.25, 0.3) is 22.7 Å². The Kier molecular flexibility index (Phi) is 4.81. The molecule has 0 radical (unpaired) electrons. The van der Waals surface area contributed by atoms with Gasteiger partial charge < -0.3 is 20.2 Å². The molecule has 1 aliphatic heterocycles. The summed E-state index contributed by atoms with van der Waals surface area (Å²) in [6.07, 6.45) is 3.09. The first-order valence-corrected chi connectivity index (χ1v) is 10.5. The van der Waals surface area contributed by atoms with Crippen LogP contribution in [0.3, 0.4) is 0 Å². The largest absolute Gasteiger partial charge is 0.358 e. The van der Waals surface area contributed by atoms with E-state index in [1.807, 2.05) is 39.8 Å². The number of fused-ring (bicyclic) bond motifs is 2. The number of carbonyl (C=O) groups is 1. The van der Waals surface area contributed by atoms with Gasteiger partial charge in [-0.3, -0.25) is 4.79 Å². The van der Waals surface area contributed by atoms with Crippen LogP contribution < -0.4 is 10.7 Å². The number of hydrogen-bond donors (Lipinski definition) is 3. The van der Waals surface area contributed by atoms with Crippen molar-refractivity contribution in [2.75, 3.05) is 12.5 Å². The van der Waals surface area contributed by atoms with Crippen molar-refractivity contribution in [2.24, 2.45) is 0 Å². The lowest BCUT2D eigenvalue weighted by molar-refractivity contribution is 0.0927. The lowest BCUT2D eigenvalue weighted by Gasteiger charge is -2.15. The fourth-order valence-corrected chi connectivity index (χ4v) is 3.54. The molecule has 0 saturated carbocycles. The van der Waals surface area contributed by atoms with E-state index in [0.29, 0.717) is 52.3 Å². The maximum Gasteiger partial charge on any atom is 0.271 e. The van der Waals surface area contributed by atoms with Crippen LogP contribution in [0.4, 0.5) is 5.82 Å².